The average molecular weight is 411 g/mol. The molecule has 0 saturated heterocycles. The van der Waals surface area contributed by atoms with Crippen LogP contribution in [0.4, 0.5) is 4.39 Å². The van der Waals surface area contributed by atoms with E-state index in [1.807, 2.05) is 10.3 Å². The van der Waals surface area contributed by atoms with E-state index in [1.54, 1.807) is 12.1 Å². The highest BCUT2D eigenvalue weighted by molar-refractivity contribution is 7.89. The smallest absolute Gasteiger partial charge is 0.272 e. The Balaban J connectivity index is 1.90. The Morgan fingerprint density at radius 2 is 1.85 bits per heavy atom. The topological polar surface area (TPSA) is 110 Å². The van der Waals surface area contributed by atoms with Gasteiger partial charge in [-0.2, -0.15) is 5.10 Å². The molecule has 1 heterocycles. The number of rotatable bonds is 4. The summed E-state index contributed by atoms with van der Waals surface area (Å²) >= 11 is 5.58. The number of sulfonamides is 1. The Morgan fingerprint density at radius 1 is 1.19 bits per heavy atom. The summed E-state index contributed by atoms with van der Waals surface area (Å²) in [4.78, 5) is 26.0. The fraction of sp³-hybridized carbons (Fsp3) is 0.0625. The first-order valence-electron chi connectivity index (χ1n) is 7.44. The zero-order chi connectivity index (χ0) is 19.8. The molecule has 2 N–H and O–H groups in total. The molecule has 3 rings (SSSR count). The molecule has 2 aromatic carbocycles. The molecule has 140 valence electrons. The van der Waals surface area contributed by atoms with Crippen molar-refractivity contribution in [1.29, 1.82) is 0 Å². The van der Waals surface area contributed by atoms with Gasteiger partial charge in [0.1, 0.15) is 5.82 Å². The van der Waals surface area contributed by atoms with E-state index in [-0.39, 0.29) is 26.4 Å². The van der Waals surface area contributed by atoms with Crippen LogP contribution < -0.4 is 15.8 Å². The van der Waals surface area contributed by atoms with Gasteiger partial charge in [-0.05, 0) is 24.3 Å². The molecule has 1 aromatic heterocycles. The van der Waals surface area contributed by atoms with Crippen LogP contribution in [0, 0.1) is 5.82 Å². The first-order chi connectivity index (χ1) is 12.7. The maximum absolute atomic E-state index is 13.2. The number of carbonyl (C=O) groups is 1. The summed E-state index contributed by atoms with van der Waals surface area (Å²) in [5.41, 5.74) is 1.47. The standard InChI is InChI=1S/C16H12ClFN4O4S/c1-22-16(24)11-5-3-2-4-10(11)14(20-22)15(23)19-21-27(25,26)9-6-7-13(18)12(17)8-9/h2-8,21H,1H3,(H,19,23). The van der Waals surface area contributed by atoms with Crippen molar-refractivity contribution in [1.82, 2.24) is 20.0 Å². The van der Waals surface area contributed by atoms with E-state index in [1.165, 1.54) is 19.2 Å². The van der Waals surface area contributed by atoms with E-state index in [4.69, 9.17) is 11.6 Å². The van der Waals surface area contributed by atoms with Crippen molar-refractivity contribution in [2.24, 2.45) is 7.05 Å². The van der Waals surface area contributed by atoms with Crippen molar-refractivity contribution < 1.29 is 17.6 Å². The van der Waals surface area contributed by atoms with Gasteiger partial charge in [-0.3, -0.25) is 15.0 Å². The van der Waals surface area contributed by atoms with Gasteiger partial charge in [0.15, 0.2) is 5.69 Å². The Kier molecular flexibility index (Phi) is 4.96. The van der Waals surface area contributed by atoms with E-state index in [2.05, 4.69) is 5.10 Å². The molecule has 0 radical (unpaired) electrons. The molecule has 0 unspecified atom stereocenters. The van der Waals surface area contributed by atoms with Crippen molar-refractivity contribution in [2.45, 2.75) is 4.90 Å². The summed E-state index contributed by atoms with van der Waals surface area (Å²) in [6.45, 7) is 0. The minimum Gasteiger partial charge on any atom is -0.272 e. The van der Waals surface area contributed by atoms with E-state index in [0.29, 0.717) is 0 Å². The summed E-state index contributed by atoms with van der Waals surface area (Å²) < 4.78 is 38.6. The van der Waals surface area contributed by atoms with Crippen LogP contribution in [0.1, 0.15) is 10.5 Å². The predicted octanol–water partition coefficient (Wildman–Crippen LogP) is 1.35. The number of hydrogen-bond acceptors (Lipinski definition) is 5. The molecule has 11 heteroatoms. The third kappa shape index (κ3) is 3.68. The monoisotopic (exact) mass is 410 g/mol. The highest BCUT2D eigenvalue weighted by atomic mass is 35.5. The number of carbonyl (C=O) groups excluding carboxylic acids is 1. The molecule has 8 nitrogen and oxygen atoms in total. The Morgan fingerprint density at radius 3 is 2.52 bits per heavy atom. The molecular weight excluding hydrogens is 399 g/mol. The molecule has 0 fully saturated rings. The number of halogens is 2. The van der Waals surface area contributed by atoms with Crippen LogP contribution in [0.5, 0.6) is 0 Å². The normalized spacial score (nSPS) is 11.5. The molecule has 0 aliphatic rings. The summed E-state index contributed by atoms with van der Waals surface area (Å²) in [6.07, 6.45) is 0. The number of hydrazine groups is 1. The van der Waals surface area contributed by atoms with Gasteiger partial charge in [0, 0.05) is 12.4 Å². The quantitative estimate of drug-likeness (QED) is 0.631. The highest BCUT2D eigenvalue weighted by Gasteiger charge is 2.20. The first-order valence-corrected chi connectivity index (χ1v) is 9.30. The number of hydrogen-bond donors (Lipinski definition) is 2. The van der Waals surface area contributed by atoms with E-state index in [9.17, 15) is 22.4 Å². The number of amides is 1. The summed E-state index contributed by atoms with van der Waals surface area (Å²) in [6, 6.07) is 9.09. The zero-order valence-corrected chi connectivity index (χ0v) is 15.3. The second kappa shape index (κ2) is 7.06. The molecule has 3 aromatic rings. The van der Waals surface area contributed by atoms with Crippen molar-refractivity contribution in [2.75, 3.05) is 0 Å². The molecule has 0 saturated carbocycles. The number of aryl methyl sites for hydroxylation is 1. The van der Waals surface area contributed by atoms with Crippen LogP contribution in [0.25, 0.3) is 10.8 Å². The number of aromatic nitrogens is 2. The Hall–Kier alpha value is -2.82. The van der Waals surface area contributed by atoms with Crippen LogP contribution in [0.3, 0.4) is 0 Å². The molecular formula is C16H12ClFN4O4S. The number of fused-ring (bicyclic) bond motifs is 1. The van der Waals surface area contributed by atoms with E-state index in [0.717, 1.165) is 22.9 Å². The fourth-order valence-corrected chi connectivity index (χ4v) is 3.45. The minimum absolute atomic E-state index is 0.146. The van der Waals surface area contributed by atoms with Gasteiger partial charge >= 0.3 is 0 Å². The minimum atomic E-state index is -4.20. The van der Waals surface area contributed by atoms with Gasteiger partial charge in [0.25, 0.3) is 21.5 Å². The third-order valence-electron chi connectivity index (χ3n) is 3.67. The zero-order valence-electron chi connectivity index (χ0n) is 13.7. The molecule has 0 bridgehead atoms. The van der Waals surface area contributed by atoms with Crippen molar-refractivity contribution in [3.05, 3.63) is 69.4 Å². The second-order valence-corrected chi connectivity index (χ2v) is 7.55. The Labute approximate surface area is 157 Å². The number of nitrogens with one attached hydrogen (secondary N) is 2. The van der Waals surface area contributed by atoms with Crippen LogP contribution >= 0.6 is 11.6 Å². The van der Waals surface area contributed by atoms with Crippen molar-refractivity contribution in [3.63, 3.8) is 0 Å². The van der Waals surface area contributed by atoms with Gasteiger partial charge in [-0.15, -0.1) is 4.83 Å². The number of benzene rings is 2. The van der Waals surface area contributed by atoms with Crippen LogP contribution in [0.15, 0.2) is 52.2 Å². The lowest BCUT2D eigenvalue weighted by Gasteiger charge is -2.10. The third-order valence-corrected chi connectivity index (χ3v) is 5.21. The largest absolute Gasteiger partial charge is 0.287 e. The second-order valence-electron chi connectivity index (χ2n) is 5.46. The molecule has 0 atom stereocenters. The maximum atomic E-state index is 13.2. The Bertz CT molecular complexity index is 1230. The molecule has 0 aliphatic carbocycles. The summed E-state index contributed by atoms with van der Waals surface area (Å²) in [5.74, 6) is -1.65. The molecule has 1 amide bonds. The fourth-order valence-electron chi connectivity index (χ4n) is 2.34. The van der Waals surface area contributed by atoms with Gasteiger partial charge in [-0.25, -0.2) is 17.5 Å². The molecule has 27 heavy (non-hydrogen) atoms. The van der Waals surface area contributed by atoms with Crippen LogP contribution in [0.2, 0.25) is 5.02 Å². The highest BCUT2D eigenvalue weighted by Crippen LogP contribution is 2.19. The average Bonchev–Trinajstić information content (AvgIpc) is 2.65. The lowest BCUT2D eigenvalue weighted by atomic mass is 10.1. The van der Waals surface area contributed by atoms with Gasteiger partial charge in [0.2, 0.25) is 0 Å². The van der Waals surface area contributed by atoms with Gasteiger partial charge in [0.05, 0.1) is 15.3 Å². The van der Waals surface area contributed by atoms with Crippen LogP contribution in [-0.2, 0) is 17.1 Å². The molecule has 0 aliphatic heterocycles. The predicted molar refractivity (Wildman–Crippen MR) is 96.2 cm³/mol. The maximum Gasteiger partial charge on any atom is 0.287 e. The number of nitrogens with zero attached hydrogens (tertiary/aromatic N) is 2. The van der Waals surface area contributed by atoms with E-state index >= 15 is 0 Å². The van der Waals surface area contributed by atoms with Gasteiger partial charge < -0.3 is 0 Å². The molecule has 0 spiro atoms. The first kappa shape index (κ1) is 19.0. The van der Waals surface area contributed by atoms with Gasteiger partial charge in [-0.1, -0.05) is 29.8 Å². The lowest BCUT2D eigenvalue weighted by molar-refractivity contribution is 0.0940. The SMILES string of the molecule is Cn1nc(C(=O)NNS(=O)(=O)c2ccc(F)c(Cl)c2)c2ccccc2c1=O. The lowest BCUT2D eigenvalue weighted by Crippen LogP contribution is -2.42. The van der Waals surface area contributed by atoms with Crippen molar-refractivity contribution in [3.8, 4) is 0 Å². The van der Waals surface area contributed by atoms with E-state index < -0.39 is 27.3 Å². The summed E-state index contributed by atoms with van der Waals surface area (Å²) in [5, 5.41) is 4.03. The summed E-state index contributed by atoms with van der Waals surface area (Å²) in [7, 11) is -2.83. The van der Waals surface area contributed by atoms with Crippen LogP contribution in [-0.4, -0.2) is 24.1 Å². The van der Waals surface area contributed by atoms with Crippen molar-refractivity contribution >= 4 is 38.3 Å².